The quantitative estimate of drug-likeness (QED) is 0.455. The predicted molar refractivity (Wildman–Crippen MR) is 132 cm³/mol. The molecule has 1 atom stereocenters. The van der Waals surface area contributed by atoms with E-state index in [1.807, 2.05) is 12.1 Å². The fourth-order valence-corrected chi connectivity index (χ4v) is 4.32. The van der Waals surface area contributed by atoms with E-state index in [0.29, 0.717) is 22.4 Å². The van der Waals surface area contributed by atoms with Crippen molar-refractivity contribution in [2.75, 3.05) is 11.9 Å². The number of carbonyl (C=O) groups excluding carboxylic acids is 4. The number of hydrogen-bond donors (Lipinski definition) is 3. The highest BCUT2D eigenvalue weighted by atomic mass is 16.2. The summed E-state index contributed by atoms with van der Waals surface area (Å²) in [5.41, 5.74) is 2.75. The van der Waals surface area contributed by atoms with Gasteiger partial charge in [0, 0.05) is 29.1 Å². The molecule has 1 saturated carbocycles. The summed E-state index contributed by atoms with van der Waals surface area (Å²) >= 11 is 0. The molecule has 2 aliphatic rings. The maximum atomic E-state index is 13.0. The summed E-state index contributed by atoms with van der Waals surface area (Å²) < 4.78 is 0. The summed E-state index contributed by atoms with van der Waals surface area (Å²) in [6, 6.07) is 18.4. The van der Waals surface area contributed by atoms with E-state index in [2.05, 4.69) is 20.9 Å². The normalized spacial score (nSPS) is 16.3. The van der Waals surface area contributed by atoms with Crippen molar-refractivity contribution in [1.29, 1.82) is 0 Å². The van der Waals surface area contributed by atoms with Crippen molar-refractivity contribution in [3.63, 3.8) is 0 Å². The van der Waals surface area contributed by atoms with E-state index >= 15 is 0 Å². The number of rotatable bonds is 8. The lowest BCUT2D eigenvalue weighted by atomic mass is 10.0. The molecule has 0 saturated heterocycles. The monoisotopic (exact) mass is 483 g/mol. The number of benzene rings is 2. The first kappa shape index (κ1) is 23.2. The lowest BCUT2D eigenvalue weighted by Gasteiger charge is -2.24. The van der Waals surface area contributed by atoms with Gasteiger partial charge in [0.25, 0.3) is 11.8 Å². The highest BCUT2D eigenvalue weighted by Crippen LogP contribution is 2.41. The number of hydrogen-bond acceptors (Lipinski definition) is 5. The van der Waals surface area contributed by atoms with Gasteiger partial charge < -0.3 is 20.9 Å². The SMILES string of the molecule is O=C(CNC(=O)C1c2ccccc2C(=O)N1C1CC1)Nc1cccc(C(=O)NCc2ccccn2)c1. The maximum Gasteiger partial charge on any atom is 0.255 e. The maximum absolute atomic E-state index is 13.0. The lowest BCUT2D eigenvalue weighted by molar-refractivity contribution is -0.127. The van der Waals surface area contributed by atoms with Crippen LogP contribution in [-0.2, 0) is 16.1 Å². The molecule has 0 spiro atoms. The van der Waals surface area contributed by atoms with Gasteiger partial charge in [-0.3, -0.25) is 24.2 Å². The molecule has 2 aromatic carbocycles. The zero-order valence-corrected chi connectivity index (χ0v) is 19.4. The molecule has 0 radical (unpaired) electrons. The second-order valence-corrected chi connectivity index (χ2v) is 8.78. The smallest absolute Gasteiger partial charge is 0.255 e. The average molecular weight is 484 g/mol. The standard InChI is InChI=1S/C27H25N5O4/c33-23(31-18-8-5-6-17(14-18)25(34)29-15-19-7-3-4-13-28-19)16-30-26(35)24-21-9-1-2-10-22(21)27(36)32(24)20-11-12-20/h1-10,13-14,20,24H,11-12,15-16H2,(H,29,34)(H,30,35)(H,31,33). The molecule has 3 aromatic rings. The van der Waals surface area contributed by atoms with Crippen molar-refractivity contribution in [3.8, 4) is 0 Å². The molecule has 2 heterocycles. The molecule has 1 aliphatic heterocycles. The zero-order valence-electron chi connectivity index (χ0n) is 19.4. The van der Waals surface area contributed by atoms with Gasteiger partial charge in [-0.15, -0.1) is 0 Å². The van der Waals surface area contributed by atoms with Gasteiger partial charge in [0.05, 0.1) is 18.8 Å². The Morgan fingerprint density at radius 3 is 2.53 bits per heavy atom. The Kier molecular flexibility index (Phi) is 6.44. The Bertz CT molecular complexity index is 1320. The minimum absolute atomic E-state index is 0.0565. The molecule has 1 aromatic heterocycles. The Hall–Kier alpha value is -4.53. The Morgan fingerprint density at radius 2 is 1.75 bits per heavy atom. The van der Waals surface area contributed by atoms with E-state index < -0.39 is 17.9 Å². The topological polar surface area (TPSA) is 121 Å². The number of nitrogens with zero attached hydrogens (tertiary/aromatic N) is 2. The summed E-state index contributed by atoms with van der Waals surface area (Å²) in [5.74, 6) is -1.27. The largest absolute Gasteiger partial charge is 0.346 e. The second kappa shape index (κ2) is 9.99. The van der Waals surface area contributed by atoms with Crippen LogP contribution in [0.1, 0.15) is 50.9 Å². The summed E-state index contributed by atoms with van der Waals surface area (Å²) in [7, 11) is 0. The van der Waals surface area contributed by atoms with Crippen LogP contribution in [0.4, 0.5) is 5.69 Å². The Labute approximate surface area is 207 Å². The van der Waals surface area contributed by atoms with E-state index in [9.17, 15) is 19.2 Å². The van der Waals surface area contributed by atoms with Gasteiger partial charge in [0.15, 0.2) is 0 Å². The summed E-state index contributed by atoms with van der Waals surface area (Å²) in [6.45, 7) is 0.0211. The van der Waals surface area contributed by atoms with Gasteiger partial charge in [-0.05, 0) is 54.8 Å². The van der Waals surface area contributed by atoms with Gasteiger partial charge in [0.1, 0.15) is 6.04 Å². The Morgan fingerprint density at radius 1 is 0.944 bits per heavy atom. The van der Waals surface area contributed by atoms with Crippen molar-refractivity contribution < 1.29 is 19.2 Å². The van der Waals surface area contributed by atoms with E-state index in [1.54, 1.807) is 65.7 Å². The lowest BCUT2D eigenvalue weighted by Crippen LogP contribution is -2.42. The summed E-state index contributed by atoms with van der Waals surface area (Å²) in [5, 5.41) is 8.16. The van der Waals surface area contributed by atoms with Crippen LogP contribution in [0, 0.1) is 0 Å². The van der Waals surface area contributed by atoms with Crippen LogP contribution >= 0.6 is 0 Å². The molecule has 9 heteroatoms. The molecular weight excluding hydrogens is 458 g/mol. The Balaban J connectivity index is 1.17. The molecule has 1 aliphatic carbocycles. The van der Waals surface area contributed by atoms with Crippen molar-refractivity contribution in [3.05, 3.63) is 95.3 Å². The highest BCUT2D eigenvalue weighted by molar-refractivity contribution is 6.06. The number of pyridine rings is 1. The van der Waals surface area contributed by atoms with Crippen molar-refractivity contribution >= 4 is 29.3 Å². The molecule has 5 rings (SSSR count). The van der Waals surface area contributed by atoms with E-state index in [1.165, 1.54) is 0 Å². The molecule has 0 bridgehead atoms. The first-order valence-electron chi connectivity index (χ1n) is 11.8. The second-order valence-electron chi connectivity index (χ2n) is 8.78. The predicted octanol–water partition coefficient (Wildman–Crippen LogP) is 2.43. The van der Waals surface area contributed by atoms with Crippen LogP contribution in [0.2, 0.25) is 0 Å². The van der Waals surface area contributed by atoms with Gasteiger partial charge in [-0.25, -0.2) is 0 Å². The van der Waals surface area contributed by atoms with Crippen LogP contribution < -0.4 is 16.0 Å². The van der Waals surface area contributed by atoms with E-state index in [-0.39, 0.29) is 30.9 Å². The molecule has 1 fully saturated rings. The van der Waals surface area contributed by atoms with Crippen molar-refractivity contribution in [2.24, 2.45) is 0 Å². The molecule has 182 valence electrons. The fraction of sp³-hybridized carbons (Fsp3) is 0.222. The third-order valence-corrected chi connectivity index (χ3v) is 6.17. The van der Waals surface area contributed by atoms with Crippen LogP contribution in [-0.4, -0.2) is 46.1 Å². The number of anilines is 1. The van der Waals surface area contributed by atoms with Gasteiger partial charge in [-0.2, -0.15) is 0 Å². The average Bonchev–Trinajstić information content (AvgIpc) is 3.70. The van der Waals surface area contributed by atoms with Crippen molar-refractivity contribution in [2.45, 2.75) is 31.5 Å². The molecular formula is C27H25N5O4. The zero-order chi connectivity index (χ0) is 25.1. The molecule has 36 heavy (non-hydrogen) atoms. The first-order chi connectivity index (χ1) is 17.5. The van der Waals surface area contributed by atoms with Gasteiger partial charge >= 0.3 is 0 Å². The number of aromatic nitrogens is 1. The molecule has 3 N–H and O–H groups in total. The van der Waals surface area contributed by atoms with Crippen molar-refractivity contribution in [1.82, 2.24) is 20.5 Å². The third kappa shape index (κ3) is 4.95. The van der Waals surface area contributed by atoms with Gasteiger partial charge in [-0.1, -0.05) is 30.3 Å². The highest BCUT2D eigenvalue weighted by Gasteiger charge is 2.47. The fourth-order valence-electron chi connectivity index (χ4n) is 4.32. The summed E-state index contributed by atoms with van der Waals surface area (Å²) in [4.78, 5) is 56.7. The van der Waals surface area contributed by atoms with Crippen LogP contribution in [0.5, 0.6) is 0 Å². The third-order valence-electron chi connectivity index (χ3n) is 6.17. The molecule has 9 nitrogen and oxygen atoms in total. The van der Waals surface area contributed by atoms with Crippen LogP contribution in [0.15, 0.2) is 72.9 Å². The molecule has 4 amide bonds. The minimum Gasteiger partial charge on any atom is -0.346 e. The first-order valence-corrected chi connectivity index (χ1v) is 11.8. The van der Waals surface area contributed by atoms with E-state index in [0.717, 1.165) is 18.5 Å². The molecule has 1 unspecified atom stereocenters. The summed E-state index contributed by atoms with van der Waals surface area (Å²) in [6.07, 6.45) is 3.40. The number of amides is 4. The minimum atomic E-state index is -0.736. The van der Waals surface area contributed by atoms with Crippen LogP contribution in [0.3, 0.4) is 0 Å². The number of carbonyl (C=O) groups is 4. The van der Waals surface area contributed by atoms with E-state index in [4.69, 9.17) is 0 Å². The number of fused-ring (bicyclic) bond motifs is 1. The number of nitrogens with one attached hydrogen (secondary N) is 3. The van der Waals surface area contributed by atoms with Crippen LogP contribution in [0.25, 0.3) is 0 Å². The van der Waals surface area contributed by atoms with Gasteiger partial charge in [0.2, 0.25) is 11.8 Å².